The molecule has 0 radical (unpaired) electrons. The summed E-state index contributed by atoms with van der Waals surface area (Å²) in [4.78, 5) is 39.6. The van der Waals surface area contributed by atoms with Gasteiger partial charge in [-0.3, -0.25) is 38.7 Å². The smallest absolute Gasteiger partial charge is 0.503 e. The molecule has 0 unspecified atom stereocenters. The molecule has 25 rings (SSSR count). The maximum Gasteiger partial charge on any atom is 2.00 e. The van der Waals surface area contributed by atoms with Gasteiger partial charge in [-0.15, -0.1) is 101 Å². The molecule has 0 aliphatic carbocycles. The van der Waals surface area contributed by atoms with Gasteiger partial charge in [0.25, 0.3) is 0 Å². The van der Waals surface area contributed by atoms with Crippen LogP contribution in [0, 0.1) is 53.8 Å². The fourth-order valence-electron chi connectivity index (χ4n) is 19.9. The summed E-state index contributed by atoms with van der Waals surface area (Å²) in [7, 11) is 0. The molecule has 702 valence electrons. The van der Waals surface area contributed by atoms with E-state index in [2.05, 4.69) is 272 Å². The van der Waals surface area contributed by atoms with Crippen LogP contribution in [-0.4, -0.2) is 34.9 Å². The first kappa shape index (κ1) is 95.8. The number of aromatic nitrogens is 7. The molecular formula is C126H79F3N10O3Pt3. The van der Waals surface area contributed by atoms with E-state index in [-0.39, 0.29) is 86.1 Å². The van der Waals surface area contributed by atoms with Gasteiger partial charge >= 0.3 is 63.2 Å². The topological polar surface area (TPSA) is 128 Å². The normalized spacial score (nSPS) is 12.8. The van der Waals surface area contributed by atoms with Crippen molar-refractivity contribution in [1.29, 1.82) is 0 Å². The van der Waals surface area contributed by atoms with Gasteiger partial charge in [0.05, 0.1) is 90.4 Å². The molecule has 16 aromatic carbocycles. The minimum atomic E-state index is -0.927. The molecule has 0 amide bonds. The molecule has 22 aromatic rings. The number of nitrogens with zero attached hydrogens (tertiary/aromatic N) is 10. The number of anilines is 9. The van der Waals surface area contributed by atoms with Crippen LogP contribution in [0.4, 0.5) is 64.4 Å². The number of benzene rings is 16. The molecule has 6 aromatic heterocycles. The Morgan fingerprint density at radius 3 is 0.966 bits per heavy atom. The van der Waals surface area contributed by atoms with Crippen LogP contribution in [0.25, 0.3) is 44.8 Å². The minimum Gasteiger partial charge on any atom is -0.503 e. The first-order valence-corrected chi connectivity index (χ1v) is 46.4. The predicted molar refractivity (Wildman–Crippen MR) is 550 cm³/mol. The first-order chi connectivity index (χ1) is 70.1. The van der Waals surface area contributed by atoms with E-state index < -0.39 is 27.9 Å². The van der Waals surface area contributed by atoms with E-state index in [0.29, 0.717) is 40.0 Å². The predicted octanol–water partition coefficient (Wildman–Crippen LogP) is 30.1. The van der Waals surface area contributed by atoms with Crippen LogP contribution >= 0.6 is 0 Å². The number of halogens is 3. The van der Waals surface area contributed by atoms with Gasteiger partial charge in [-0.2, -0.15) is 36.4 Å². The van der Waals surface area contributed by atoms with Gasteiger partial charge in [-0.1, -0.05) is 236 Å². The SMILES string of the molecule is Fc1cc(F)c(-c2ccccn2)[c-]c1Oc1[c-]c(C2(c3ccccn3)c3ccccc3N(c3ccccc3)c3ccccc32)ccc1.Fc1ccc2nc(-c3[c-]c(Oc4[c-]c(C5(c6ccccn6)c6ccccc6N(c6ccccc6)c6ccccc65)ccc4)ccc3)ccc2c1.[Pt+2].[Pt+2].[Pt+2].[c-]1c(Oc2[c-]c(C3(c4ccccn4)c4ccccc4N(c4ccccc4)c4ccccc43)ccc2)cccc1-c1ncccn1. The van der Waals surface area contributed by atoms with Crippen molar-refractivity contribution in [2.75, 3.05) is 14.7 Å². The summed E-state index contributed by atoms with van der Waals surface area (Å²) < 4.78 is 62.8. The molecular weight excluding hydrogens is 2340 g/mol. The van der Waals surface area contributed by atoms with Crippen molar-refractivity contribution < 1.29 is 90.6 Å². The third kappa shape index (κ3) is 18.0. The second-order valence-electron chi connectivity index (χ2n) is 34.0. The fourth-order valence-corrected chi connectivity index (χ4v) is 19.9. The van der Waals surface area contributed by atoms with Crippen LogP contribution in [-0.2, 0) is 79.4 Å². The van der Waals surface area contributed by atoms with Crippen LogP contribution < -0.4 is 28.9 Å². The monoisotopic (exact) mass is 2420 g/mol. The Morgan fingerprint density at radius 1 is 0.241 bits per heavy atom. The largest absolute Gasteiger partial charge is 2.00 e. The molecule has 13 nitrogen and oxygen atoms in total. The molecule has 0 atom stereocenters. The van der Waals surface area contributed by atoms with Crippen LogP contribution in [0.3, 0.4) is 0 Å². The zero-order chi connectivity index (χ0) is 95.3. The van der Waals surface area contributed by atoms with E-state index >= 15 is 4.39 Å². The zero-order valence-corrected chi connectivity index (χ0v) is 83.7. The molecule has 0 fully saturated rings. The Bertz CT molecular complexity index is 8230. The Balaban J connectivity index is 0.000000131. The summed E-state index contributed by atoms with van der Waals surface area (Å²) >= 11 is 0. The van der Waals surface area contributed by atoms with Crippen LogP contribution in [0.1, 0.15) is 67.2 Å². The zero-order valence-electron chi connectivity index (χ0n) is 76.9. The van der Waals surface area contributed by atoms with E-state index in [1.165, 1.54) is 12.1 Å². The van der Waals surface area contributed by atoms with Crippen molar-refractivity contribution >= 4 is 62.1 Å². The van der Waals surface area contributed by atoms with Gasteiger partial charge in [0.2, 0.25) is 0 Å². The summed E-state index contributed by atoms with van der Waals surface area (Å²) in [5, 5.41) is 0.743. The number of para-hydroxylation sites is 9. The summed E-state index contributed by atoms with van der Waals surface area (Å²) in [5.74, 6) is 0.840. The Morgan fingerprint density at radius 2 is 0.579 bits per heavy atom. The second kappa shape index (κ2) is 42.2. The third-order valence-corrected chi connectivity index (χ3v) is 25.8. The molecule has 9 heterocycles. The number of ether oxygens (including phenoxy) is 3. The molecule has 0 saturated heterocycles. The number of pyridine rings is 5. The average molecular weight is 2420 g/mol. The number of fused-ring (bicyclic) bond motifs is 7. The number of rotatable bonds is 18. The Kier molecular flexibility index (Phi) is 27.9. The van der Waals surface area contributed by atoms with E-state index in [4.69, 9.17) is 34.1 Å². The van der Waals surface area contributed by atoms with E-state index in [1.807, 2.05) is 194 Å². The van der Waals surface area contributed by atoms with Crippen molar-refractivity contribution in [3.05, 3.63) is 601 Å². The number of hydrogen-bond acceptors (Lipinski definition) is 13. The van der Waals surface area contributed by atoms with Crippen LogP contribution in [0.5, 0.6) is 34.5 Å². The van der Waals surface area contributed by atoms with E-state index in [0.717, 1.165) is 147 Å². The molecule has 3 aliphatic heterocycles. The van der Waals surface area contributed by atoms with Gasteiger partial charge in [-0.05, 0) is 184 Å². The molecule has 0 bridgehead atoms. The summed E-state index contributed by atoms with van der Waals surface area (Å²) in [6, 6.07) is 165. The van der Waals surface area contributed by atoms with E-state index in [1.54, 1.807) is 61.2 Å². The Labute approximate surface area is 880 Å². The molecule has 0 N–H and O–H groups in total. The van der Waals surface area contributed by atoms with Crippen molar-refractivity contribution in [3.8, 4) is 68.4 Å². The van der Waals surface area contributed by atoms with Crippen LogP contribution in [0.15, 0.2) is 480 Å². The molecule has 0 saturated carbocycles. The molecule has 145 heavy (non-hydrogen) atoms. The molecule has 19 heteroatoms. The quantitative estimate of drug-likeness (QED) is 0.0757. The van der Waals surface area contributed by atoms with Crippen molar-refractivity contribution in [2.24, 2.45) is 0 Å². The maximum absolute atomic E-state index is 15.2. The summed E-state index contributed by atoms with van der Waals surface area (Å²) in [5.41, 5.74) is 21.8. The number of hydrogen-bond donors (Lipinski definition) is 0. The standard InChI is InChI=1S/C45H28FN3O.C41H25F2N3O.C40H26N4O.3Pt/c46-34-24-26-41-32(28-34)23-25-40(48-41)31-12-10-16-36(29-31)50-37-17-11-13-33(30-37)45(44-22-8-9-27-47-44)38-18-4-6-20-42(38)49(35-14-2-1-3-15-35)43-21-7-5-19-39(43)45;42-34-27-35(43)39(26-31(34)36-19-8-10-23-44-36)47-30-16-12-13-28(25-30)41(40-22-9-11-24-45-40)32-17-4-6-20-37(32)46(29-14-2-1-3-15-29)38-21-7-5-18-33(38)41;1-2-15-31(16-3-1)44-36-21-6-4-19-34(36)40(38-23-8-9-24-41-38,35-20-5-7-22-37(35)44)30-14-11-18-33(28-30)45-32-17-10-13-29(27-32)39-42-25-12-26-43-39;;;/h1-28H;1-24,27H;1-26H;;;/q3*-2;3*+2. The van der Waals surface area contributed by atoms with Crippen molar-refractivity contribution in [2.45, 2.75) is 16.2 Å². The summed E-state index contributed by atoms with van der Waals surface area (Å²) in [6.45, 7) is 0. The van der Waals surface area contributed by atoms with Gasteiger partial charge < -0.3 is 33.9 Å². The second-order valence-corrected chi connectivity index (χ2v) is 34.0. The van der Waals surface area contributed by atoms with E-state index in [9.17, 15) is 8.78 Å². The van der Waals surface area contributed by atoms with Gasteiger partial charge in [-0.25, -0.2) is 4.39 Å². The van der Waals surface area contributed by atoms with Crippen molar-refractivity contribution in [1.82, 2.24) is 34.9 Å². The van der Waals surface area contributed by atoms with Crippen LogP contribution in [0.2, 0.25) is 0 Å². The van der Waals surface area contributed by atoms with Gasteiger partial charge in [0.1, 0.15) is 5.82 Å². The Hall–Kier alpha value is -16.7. The molecule has 3 aliphatic rings. The summed E-state index contributed by atoms with van der Waals surface area (Å²) in [6.07, 6.45) is 10.5. The maximum atomic E-state index is 15.2. The molecule has 0 spiro atoms. The fraction of sp³-hybridized carbons (Fsp3) is 0.0238. The average Bonchev–Trinajstić information content (AvgIpc) is 0.702. The van der Waals surface area contributed by atoms with Crippen molar-refractivity contribution in [3.63, 3.8) is 0 Å². The third-order valence-electron chi connectivity index (χ3n) is 25.8. The van der Waals surface area contributed by atoms with Gasteiger partial charge in [0.15, 0.2) is 0 Å². The first-order valence-electron chi connectivity index (χ1n) is 46.4. The van der Waals surface area contributed by atoms with Gasteiger partial charge in [0, 0.05) is 94.2 Å². The minimum absolute atomic E-state index is 0.